The highest BCUT2D eigenvalue weighted by Gasteiger charge is 2.49. The minimum Gasteiger partial charge on any atom is -0.462 e. The zero-order valence-electron chi connectivity index (χ0n) is 64.2. The summed E-state index contributed by atoms with van der Waals surface area (Å²) in [5.41, 5.74) is 0. The van der Waals surface area contributed by atoms with E-state index in [-0.39, 0.29) is 63.1 Å². The Labute approximate surface area is 606 Å². The highest BCUT2D eigenvalue weighted by Crippen LogP contribution is 2.28. The number of thiol groups is 1. The van der Waals surface area contributed by atoms with Crippen LogP contribution in [0.1, 0.15) is 408 Å². The third kappa shape index (κ3) is 54.9. The molecule has 1 heterocycles. The van der Waals surface area contributed by atoms with Gasteiger partial charge in [-0.15, -0.1) is 0 Å². The monoisotopic (exact) mass is 1430 g/mol. The van der Waals surface area contributed by atoms with Gasteiger partial charge in [-0.05, 0) is 57.8 Å². The van der Waals surface area contributed by atoms with Crippen molar-refractivity contribution in [2.24, 2.45) is 0 Å². The molecule has 0 aliphatic carbocycles. The summed E-state index contributed by atoms with van der Waals surface area (Å²) >= 11 is 0. The number of esters is 3. The van der Waals surface area contributed by atoms with E-state index in [1.807, 2.05) is 0 Å². The lowest BCUT2D eigenvalue weighted by Gasteiger charge is -2.45. The van der Waals surface area contributed by atoms with Gasteiger partial charge >= 0.3 is 17.9 Å². The lowest BCUT2D eigenvalue weighted by atomic mass is 9.93. The molecule has 1 aliphatic rings. The number of nitrogens with one attached hydrogen (secondary N) is 3. The average Bonchev–Trinajstić information content (AvgIpc) is 0.787. The van der Waals surface area contributed by atoms with Crippen LogP contribution in [0.25, 0.3) is 0 Å². The molecule has 1 aliphatic heterocycles. The van der Waals surface area contributed by atoms with Gasteiger partial charge in [0.2, 0.25) is 17.7 Å². The molecular formula is C80H151N3O15S. The van der Waals surface area contributed by atoms with E-state index in [2.05, 4.69) is 57.5 Å². The first kappa shape index (κ1) is 93.6. The molecular weight excluding hydrogens is 1270 g/mol. The van der Waals surface area contributed by atoms with Gasteiger partial charge in [0.25, 0.3) is 11.0 Å². The summed E-state index contributed by atoms with van der Waals surface area (Å²) in [5.74, 6) is -2.66. The van der Waals surface area contributed by atoms with E-state index >= 15 is 0 Å². The molecule has 19 heteroatoms. The van der Waals surface area contributed by atoms with Gasteiger partial charge in [-0.3, -0.25) is 33.0 Å². The van der Waals surface area contributed by atoms with E-state index in [0.717, 1.165) is 173 Å². The molecule has 1 saturated heterocycles. The van der Waals surface area contributed by atoms with Crippen molar-refractivity contribution in [2.75, 3.05) is 19.8 Å². The minimum absolute atomic E-state index is 0.0517. The van der Waals surface area contributed by atoms with Gasteiger partial charge in [-0.2, -0.15) is 0 Å². The lowest BCUT2D eigenvalue weighted by Crippen LogP contribution is -2.70. The Morgan fingerprint density at radius 3 is 0.939 bits per heavy atom. The molecule has 0 radical (unpaired) electrons. The summed E-state index contributed by atoms with van der Waals surface area (Å²) in [4.78, 5) is 83.6. The van der Waals surface area contributed by atoms with Crippen molar-refractivity contribution >= 4 is 46.6 Å². The van der Waals surface area contributed by atoms with Crippen LogP contribution in [0.3, 0.4) is 0 Å². The van der Waals surface area contributed by atoms with Gasteiger partial charge < -0.3 is 44.7 Å². The zero-order valence-corrected chi connectivity index (χ0v) is 65.0. The summed E-state index contributed by atoms with van der Waals surface area (Å²) in [6.07, 6.45) is 46.2. The predicted molar refractivity (Wildman–Crippen MR) is 401 cm³/mol. The van der Waals surface area contributed by atoms with Crippen molar-refractivity contribution in [1.29, 1.82) is 0 Å². The summed E-state index contributed by atoms with van der Waals surface area (Å²) in [6, 6.07) is -2.78. The summed E-state index contributed by atoms with van der Waals surface area (Å²) < 4.78 is 61.7. The van der Waals surface area contributed by atoms with Crippen LogP contribution in [0.5, 0.6) is 0 Å². The van der Waals surface area contributed by atoms with Gasteiger partial charge in [0.15, 0.2) is 6.29 Å². The number of carbonyl (C=O) groups is 6. The number of unbranched alkanes of at least 4 members (excludes halogenated alkanes) is 42. The number of hydrogen-bond donors (Lipinski definition) is 5. The largest absolute Gasteiger partial charge is 0.462 e. The second-order valence-corrected chi connectivity index (χ2v) is 29.5. The Hall–Kier alpha value is -3.39. The van der Waals surface area contributed by atoms with Crippen LogP contribution in [-0.4, -0.2) is 118 Å². The maximum atomic E-state index is 14.7. The highest BCUT2D eigenvalue weighted by atomic mass is 32.2. The van der Waals surface area contributed by atoms with Gasteiger partial charge in [-0.1, -0.05) is 311 Å². The minimum atomic E-state index is -3.62. The smallest absolute Gasteiger partial charge is 0.306 e. The van der Waals surface area contributed by atoms with E-state index in [1.165, 1.54) is 116 Å². The molecule has 18 nitrogen and oxygen atoms in total. The maximum absolute atomic E-state index is 14.7. The van der Waals surface area contributed by atoms with Crippen LogP contribution in [0.15, 0.2) is 0 Å². The summed E-state index contributed by atoms with van der Waals surface area (Å²) in [5, 5.41) is 19.7. The number of ether oxygens (including phenoxy) is 5. The third-order valence-electron chi connectivity index (χ3n) is 19.4. The molecule has 0 aromatic heterocycles. The fraction of sp³-hybridized carbons (Fsp3) is 0.925. The second kappa shape index (κ2) is 67.8. The summed E-state index contributed by atoms with van der Waals surface area (Å²) in [6.45, 7) is 12.1. The lowest BCUT2D eigenvalue weighted by molar-refractivity contribution is -0.244. The Balaban J connectivity index is 3.65. The van der Waals surface area contributed by atoms with E-state index in [4.69, 9.17) is 27.9 Å². The van der Waals surface area contributed by atoms with Crippen LogP contribution in [0.4, 0.5) is 0 Å². The Bertz CT molecular complexity index is 2020. The number of amides is 3. The van der Waals surface area contributed by atoms with E-state index in [1.54, 1.807) is 0 Å². The van der Waals surface area contributed by atoms with Crippen LogP contribution in [0, 0.1) is 0 Å². The number of carbonyl (C=O) groups excluding carboxylic acids is 6. The number of rotatable bonds is 72. The maximum Gasteiger partial charge on any atom is 0.306 e. The molecule has 0 aromatic carbocycles. The Morgan fingerprint density at radius 1 is 0.374 bits per heavy atom. The molecule has 3 amide bonds. The van der Waals surface area contributed by atoms with Gasteiger partial charge in [0.1, 0.15) is 36.6 Å². The molecule has 582 valence electrons. The molecule has 1 rings (SSSR count). The third-order valence-corrected chi connectivity index (χ3v) is 19.9. The van der Waals surface area contributed by atoms with Crippen molar-refractivity contribution < 1.29 is 70.2 Å². The fourth-order valence-corrected chi connectivity index (χ4v) is 13.9. The first-order chi connectivity index (χ1) is 48.2. The second-order valence-electron chi connectivity index (χ2n) is 28.8. The SMILES string of the molecule is CCCCCCCCCCC[C@H](CC(=O)NCCO[C@@H]1O[C@H](CO)[C@@H](O[SH](=O)=O)[C@@H](NC(=O)C[C@@H](CCCCCCCCCCC)OC(=O)CCCCCCCCC)[C@H]1NC(=O)C[C@@H](CCCCCCCCCCC)OC(=O)CCCCCCCCC)OC(=O)CCCCCCCCC. The van der Waals surface area contributed by atoms with Crippen molar-refractivity contribution in [3.8, 4) is 0 Å². The molecule has 1 fully saturated rings. The molecule has 0 saturated carbocycles. The average molecular weight is 1430 g/mol. The normalized spacial score (nSPS) is 17.1. The van der Waals surface area contributed by atoms with Crippen molar-refractivity contribution in [3.63, 3.8) is 0 Å². The van der Waals surface area contributed by atoms with Crippen molar-refractivity contribution in [3.05, 3.63) is 0 Å². The number of aliphatic hydroxyl groups excluding tert-OH is 1. The van der Waals surface area contributed by atoms with Gasteiger partial charge in [0, 0.05) is 25.8 Å². The Kier molecular flexibility index (Phi) is 64.1. The van der Waals surface area contributed by atoms with Crippen LogP contribution in [-0.2, 0) is 67.6 Å². The van der Waals surface area contributed by atoms with Gasteiger partial charge in [-0.25, -0.2) is 8.42 Å². The first-order valence-corrected chi connectivity index (χ1v) is 42.5. The molecule has 0 bridgehead atoms. The van der Waals surface area contributed by atoms with Crippen LogP contribution < -0.4 is 16.0 Å². The molecule has 0 spiro atoms. The van der Waals surface area contributed by atoms with E-state index < -0.39 is 84.3 Å². The number of aliphatic hydroxyl groups is 1. The van der Waals surface area contributed by atoms with E-state index in [0.29, 0.717) is 44.9 Å². The first-order valence-electron chi connectivity index (χ1n) is 41.4. The zero-order chi connectivity index (χ0) is 72.5. The van der Waals surface area contributed by atoms with Crippen molar-refractivity contribution in [1.82, 2.24) is 16.0 Å². The molecule has 8 atom stereocenters. The number of hydrogen-bond acceptors (Lipinski definition) is 15. The molecule has 0 unspecified atom stereocenters. The molecule has 4 N–H and O–H groups in total. The molecule has 99 heavy (non-hydrogen) atoms. The van der Waals surface area contributed by atoms with Crippen LogP contribution in [0.2, 0.25) is 0 Å². The fourth-order valence-electron chi connectivity index (χ4n) is 13.4. The van der Waals surface area contributed by atoms with Crippen LogP contribution >= 0.6 is 0 Å². The highest BCUT2D eigenvalue weighted by molar-refractivity contribution is 7.67. The van der Waals surface area contributed by atoms with Crippen molar-refractivity contribution in [2.45, 2.75) is 456 Å². The standard InChI is InChI=1S/C80H151N3O15S/c1-7-13-19-25-31-34-40-43-49-55-67(94-74(88)58-52-46-37-28-22-16-10-4)63-71(85)81-61-62-93-80-78(83-73(87)65-69(57-51-45-42-36-33-27-21-15-9-3)96-76(90)60-54-48-39-30-24-18-12-6)77(79(98-99(91)92)70(66-84)97-80)82-72(86)64-68(56-50-44-41-35-32-26-20-14-8-2)95-75(89)59-53-47-38-29-23-17-11-5/h67-70,77-80,84,99H,7-66H2,1-6H3,(H,81,85)(H,82,86)(H,83,87)/t67-,68-,69-,70-,77+,78-,79-,80-/m1/s1. The predicted octanol–water partition coefficient (Wildman–Crippen LogP) is 18.8. The topological polar surface area (TPSA) is 248 Å². The van der Waals surface area contributed by atoms with Gasteiger partial charge in [0.05, 0.1) is 38.5 Å². The Morgan fingerprint density at radius 2 is 0.646 bits per heavy atom. The molecule has 0 aromatic rings. The quantitative estimate of drug-likeness (QED) is 0.0164. The summed E-state index contributed by atoms with van der Waals surface area (Å²) in [7, 11) is -3.62. The van der Waals surface area contributed by atoms with E-state index in [9.17, 15) is 42.3 Å².